The first-order valence-corrected chi connectivity index (χ1v) is 5.60. The average molecular weight is 234 g/mol. The Bertz CT molecular complexity index is 428. The van der Waals surface area contributed by atoms with Crippen LogP contribution >= 0.6 is 11.6 Å². The molecule has 2 rings (SSSR count). The molecule has 1 aromatic heterocycles. The summed E-state index contributed by atoms with van der Waals surface area (Å²) in [5, 5.41) is 3.19. The van der Waals surface area contributed by atoms with Crippen LogP contribution in [0, 0.1) is 0 Å². The molecule has 0 atom stereocenters. The van der Waals surface area contributed by atoms with Gasteiger partial charge in [-0.1, -0.05) is 12.1 Å². The summed E-state index contributed by atoms with van der Waals surface area (Å²) in [6.07, 6.45) is 4.12. The Morgan fingerprint density at radius 2 is 1.94 bits per heavy atom. The van der Waals surface area contributed by atoms with Gasteiger partial charge >= 0.3 is 0 Å². The summed E-state index contributed by atoms with van der Waals surface area (Å²) in [6, 6.07) is 9.98. The van der Waals surface area contributed by atoms with Gasteiger partial charge in [-0.2, -0.15) is 0 Å². The summed E-state index contributed by atoms with van der Waals surface area (Å²) in [4.78, 5) is 7.95. The molecule has 4 heteroatoms. The van der Waals surface area contributed by atoms with E-state index in [4.69, 9.17) is 11.6 Å². The molecule has 0 saturated heterocycles. The number of halogens is 1. The molecule has 82 valence electrons. The predicted octanol–water partition coefficient (Wildman–Crippen LogP) is 3.00. The van der Waals surface area contributed by atoms with Gasteiger partial charge in [0.1, 0.15) is 12.1 Å². The lowest BCUT2D eigenvalue weighted by molar-refractivity contribution is 1.15. The maximum Gasteiger partial charge on any atom is 0.133 e. The number of hydrogen-bond acceptors (Lipinski definition) is 3. The van der Waals surface area contributed by atoms with Gasteiger partial charge in [0.25, 0.3) is 0 Å². The number of nitrogens with zero attached hydrogens (tertiary/aromatic N) is 2. The minimum Gasteiger partial charge on any atom is -0.340 e. The van der Waals surface area contributed by atoms with Crippen molar-refractivity contribution in [3.8, 4) is 0 Å². The van der Waals surface area contributed by atoms with Crippen LogP contribution in [0.4, 0.5) is 11.5 Å². The second-order valence-corrected chi connectivity index (χ2v) is 3.73. The quantitative estimate of drug-likeness (QED) is 0.825. The molecule has 1 N–H and O–H groups in total. The van der Waals surface area contributed by atoms with Crippen LogP contribution in [-0.2, 0) is 6.42 Å². The molecule has 0 aliphatic heterocycles. The van der Waals surface area contributed by atoms with Gasteiger partial charge in [-0.15, -0.1) is 11.6 Å². The third-order valence-electron chi connectivity index (χ3n) is 2.19. The normalized spacial score (nSPS) is 10.1. The number of hydrogen-bond donors (Lipinski definition) is 1. The first-order valence-electron chi connectivity index (χ1n) is 5.06. The van der Waals surface area contributed by atoms with Gasteiger partial charge in [0.15, 0.2) is 0 Å². The highest BCUT2D eigenvalue weighted by Gasteiger charge is 1.96. The van der Waals surface area contributed by atoms with E-state index in [0.29, 0.717) is 5.88 Å². The highest BCUT2D eigenvalue weighted by Crippen LogP contribution is 2.14. The Kier molecular flexibility index (Phi) is 3.72. The molecular formula is C12H12ClN3. The predicted molar refractivity (Wildman–Crippen MR) is 66.2 cm³/mol. The smallest absolute Gasteiger partial charge is 0.133 e. The molecule has 0 fully saturated rings. The number of aryl methyl sites for hydroxylation is 1. The Morgan fingerprint density at radius 1 is 1.12 bits per heavy atom. The molecule has 0 radical (unpaired) electrons. The Morgan fingerprint density at radius 3 is 2.56 bits per heavy atom. The van der Waals surface area contributed by atoms with Crippen LogP contribution in [0.2, 0.25) is 0 Å². The number of aromatic nitrogens is 2. The van der Waals surface area contributed by atoms with E-state index < -0.39 is 0 Å². The van der Waals surface area contributed by atoms with E-state index in [1.165, 1.54) is 11.9 Å². The monoisotopic (exact) mass is 233 g/mol. The topological polar surface area (TPSA) is 37.8 Å². The summed E-state index contributed by atoms with van der Waals surface area (Å²) in [6.45, 7) is 0. The maximum absolute atomic E-state index is 5.67. The number of benzene rings is 1. The van der Waals surface area contributed by atoms with E-state index in [0.717, 1.165) is 17.9 Å². The molecule has 1 heterocycles. The SMILES string of the molecule is ClCCc1ccc(Nc2ccncn2)cc1. The van der Waals surface area contributed by atoms with Crippen LogP contribution in [0.3, 0.4) is 0 Å². The van der Waals surface area contributed by atoms with Crippen LogP contribution < -0.4 is 5.32 Å². The van der Waals surface area contributed by atoms with Crippen LogP contribution in [0.15, 0.2) is 42.9 Å². The molecular weight excluding hydrogens is 222 g/mol. The van der Waals surface area contributed by atoms with Crippen molar-refractivity contribution < 1.29 is 0 Å². The Hall–Kier alpha value is -1.61. The highest BCUT2D eigenvalue weighted by atomic mass is 35.5. The molecule has 0 aliphatic carbocycles. The lowest BCUT2D eigenvalue weighted by atomic mass is 10.1. The summed E-state index contributed by atoms with van der Waals surface area (Å²) >= 11 is 5.67. The molecule has 16 heavy (non-hydrogen) atoms. The van der Waals surface area contributed by atoms with Gasteiger partial charge in [-0.3, -0.25) is 0 Å². The molecule has 1 aromatic carbocycles. The van der Waals surface area contributed by atoms with Crippen molar-refractivity contribution in [2.45, 2.75) is 6.42 Å². The van der Waals surface area contributed by atoms with Crippen molar-refractivity contribution in [3.05, 3.63) is 48.4 Å². The fourth-order valence-corrected chi connectivity index (χ4v) is 1.59. The third-order valence-corrected chi connectivity index (χ3v) is 2.38. The zero-order chi connectivity index (χ0) is 11.2. The maximum atomic E-state index is 5.67. The van der Waals surface area contributed by atoms with Gasteiger partial charge in [0.05, 0.1) is 0 Å². The van der Waals surface area contributed by atoms with Gasteiger partial charge in [-0.25, -0.2) is 9.97 Å². The first-order chi connectivity index (χ1) is 7.88. The van der Waals surface area contributed by atoms with Crippen LogP contribution in [0.25, 0.3) is 0 Å². The zero-order valence-corrected chi connectivity index (χ0v) is 9.48. The number of nitrogens with one attached hydrogen (secondary N) is 1. The summed E-state index contributed by atoms with van der Waals surface area (Å²) in [5.41, 5.74) is 2.25. The van der Waals surface area contributed by atoms with Crippen molar-refractivity contribution in [2.24, 2.45) is 0 Å². The fraction of sp³-hybridized carbons (Fsp3) is 0.167. The zero-order valence-electron chi connectivity index (χ0n) is 8.73. The van der Waals surface area contributed by atoms with Crippen molar-refractivity contribution in [1.29, 1.82) is 0 Å². The standard InChI is InChI=1S/C12H12ClN3/c13-7-5-10-1-3-11(4-2-10)16-12-6-8-14-9-15-12/h1-4,6,8-9H,5,7H2,(H,14,15,16). The summed E-state index contributed by atoms with van der Waals surface area (Å²) < 4.78 is 0. The lowest BCUT2D eigenvalue weighted by Crippen LogP contribution is -1.94. The van der Waals surface area contributed by atoms with Crippen LogP contribution in [0.5, 0.6) is 0 Å². The van der Waals surface area contributed by atoms with Crippen LogP contribution in [0.1, 0.15) is 5.56 Å². The van der Waals surface area contributed by atoms with Gasteiger partial charge < -0.3 is 5.32 Å². The van der Waals surface area contributed by atoms with Crippen LogP contribution in [-0.4, -0.2) is 15.8 Å². The molecule has 0 aliphatic rings. The molecule has 0 amide bonds. The van der Waals surface area contributed by atoms with Crippen molar-refractivity contribution in [3.63, 3.8) is 0 Å². The van der Waals surface area contributed by atoms with E-state index >= 15 is 0 Å². The summed E-state index contributed by atoms with van der Waals surface area (Å²) in [7, 11) is 0. The lowest BCUT2D eigenvalue weighted by Gasteiger charge is -2.05. The molecule has 0 spiro atoms. The van der Waals surface area contributed by atoms with E-state index in [-0.39, 0.29) is 0 Å². The molecule has 2 aromatic rings. The van der Waals surface area contributed by atoms with Crippen molar-refractivity contribution >= 4 is 23.1 Å². The Balaban J connectivity index is 2.05. The fourth-order valence-electron chi connectivity index (χ4n) is 1.38. The van der Waals surface area contributed by atoms with Crippen molar-refractivity contribution in [2.75, 3.05) is 11.2 Å². The second-order valence-electron chi connectivity index (χ2n) is 3.36. The van der Waals surface area contributed by atoms with Gasteiger partial charge in [0.2, 0.25) is 0 Å². The van der Waals surface area contributed by atoms with Gasteiger partial charge in [-0.05, 0) is 30.2 Å². The minimum absolute atomic E-state index is 0.651. The molecule has 3 nitrogen and oxygen atoms in total. The van der Waals surface area contributed by atoms with E-state index in [1.807, 2.05) is 18.2 Å². The van der Waals surface area contributed by atoms with E-state index in [9.17, 15) is 0 Å². The molecule has 0 bridgehead atoms. The molecule has 0 saturated carbocycles. The Labute approximate surface area is 99.5 Å². The number of alkyl halides is 1. The number of rotatable bonds is 4. The number of anilines is 2. The largest absolute Gasteiger partial charge is 0.340 e. The summed E-state index contributed by atoms with van der Waals surface area (Å²) in [5.74, 6) is 1.44. The van der Waals surface area contributed by atoms with Crippen molar-refractivity contribution in [1.82, 2.24) is 9.97 Å². The minimum atomic E-state index is 0.651. The van der Waals surface area contributed by atoms with Gasteiger partial charge in [0, 0.05) is 17.8 Å². The van der Waals surface area contributed by atoms with E-state index in [2.05, 4.69) is 27.4 Å². The second kappa shape index (κ2) is 5.47. The first kappa shape index (κ1) is 10.9. The van der Waals surface area contributed by atoms with E-state index in [1.54, 1.807) is 6.20 Å². The molecule has 0 unspecified atom stereocenters. The highest BCUT2D eigenvalue weighted by molar-refractivity contribution is 6.17. The average Bonchev–Trinajstić information content (AvgIpc) is 2.33. The third kappa shape index (κ3) is 2.94.